The first kappa shape index (κ1) is 24.8. The molecule has 0 radical (unpaired) electrons. The van der Waals surface area contributed by atoms with Crippen LogP contribution in [0, 0.1) is 19.7 Å². The number of para-hydroxylation sites is 1. The van der Waals surface area contributed by atoms with Gasteiger partial charge in [-0.1, -0.05) is 18.2 Å². The summed E-state index contributed by atoms with van der Waals surface area (Å²) in [4.78, 5) is 19.3. The Morgan fingerprint density at radius 1 is 1.20 bits per heavy atom. The molecule has 1 amide bonds. The normalized spacial score (nSPS) is 17.5. The van der Waals surface area contributed by atoms with Gasteiger partial charge in [0.05, 0.1) is 30.1 Å². The van der Waals surface area contributed by atoms with Crippen LogP contribution in [-0.2, 0) is 16.1 Å². The Hall–Kier alpha value is -3.30. The number of nitrogens with zero attached hydrogens (tertiary/aromatic N) is 3. The Labute approximate surface area is 210 Å². The number of aryl methyl sites for hydroxylation is 1. The van der Waals surface area contributed by atoms with E-state index in [2.05, 4.69) is 40.1 Å². The minimum atomic E-state index is -0.462. The van der Waals surface area contributed by atoms with E-state index >= 15 is 0 Å². The third kappa shape index (κ3) is 5.36. The molecule has 7 nitrogen and oxygen atoms in total. The zero-order chi connectivity index (χ0) is 24.9. The van der Waals surface area contributed by atoms with Crippen molar-refractivity contribution in [2.75, 3.05) is 25.6 Å². The second-order valence-electron chi connectivity index (χ2n) is 8.57. The fourth-order valence-corrected chi connectivity index (χ4v) is 4.97. The number of carbonyl (C=O) groups is 1. The van der Waals surface area contributed by atoms with Gasteiger partial charge in [0, 0.05) is 44.2 Å². The molecule has 1 saturated heterocycles. The van der Waals surface area contributed by atoms with Crippen LogP contribution in [0.4, 0.5) is 10.1 Å². The first-order valence-corrected chi connectivity index (χ1v) is 12.0. The summed E-state index contributed by atoms with van der Waals surface area (Å²) in [6.07, 6.45) is 1.92. The predicted octanol–water partition coefficient (Wildman–Crippen LogP) is 4.29. The number of halogens is 1. The molecule has 2 atom stereocenters. The van der Waals surface area contributed by atoms with Crippen LogP contribution in [0.5, 0.6) is 0 Å². The first-order chi connectivity index (χ1) is 16.9. The summed E-state index contributed by atoms with van der Waals surface area (Å²) in [5, 5.41) is 6.64. The van der Waals surface area contributed by atoms with Crippen molar-refractivity contribution in [1.29, 1.82) is 0 Å². The van der Waals surface area contributed by atoms with Gasteiger partial charge in [0.1, 0.15) is 5.82 Å². The van der Waals surface area contributed by atoms with Crippen molar-refractivity contribution >= 4 is 28.9 Å². The van der Waals surface area contributed by atoms with E-state index in [4.69, 9.17) is 17.0 Å². The lowest BCUT2D eigenvalue weighted by Crippen LogP contribution is -2.33. The maximum absolute atomic E-state index is 14.0. The first-order valence-electron chi connectivity index (χ1n) is 11.6. The highest BCUT2D eigenvalue weighted by molar-refractivity contribution is 7.80. The van der Waals surface area contributed by atoms with E-state index in [0.717, 1.165) is 29.2 Å². The molecule has 0 spiro atoms. The minimum Gasteiger partial charge on any atom is -0.383 e. The van der Waals surface area contributed by atoms with Crippen LogP contribution in [0.15, 0.2) is 54.7 Å². The second-order valence-corrected chi connectivity index (χ2v) is 8.96. The lowest BCUT2D eigenvalue weighted by Gasteiger charge is -2.28. The molecule has 4 rings (SSSR count). The van der Waals surface area contributed by atoms with E-state index in [1.807, 2.05) is 23.1 Å². The lowest BCUT2D eigenvalue weighted by molar-refractivity contribution is -0.116. The maximum Gasteiger partial charge on any atom is 0.226 e. The van der Waals surface area contributed by atoms with Crippen molar-refractivity contribution in [3.63, 3.8) is 0 Å². The van der Waals surface area contributed by atoms with E-state index in [1.54, 1.807) is 31.5 Å². The van der Waals surface area contributed by atoms with Crippen LogP contribution in [0.1, 0.15) is 41.1 Å². The highest BCUT2D eigenvalue weighted by Gasteiger charge is 2.41. The molecule has 0 saturated carbocycles. The third-order valence-electron chi connectivity index (χ3n) is 6.38. The van der Waals surface area contributed by atoms with Gasteiger partial charge in [0.25, 0.3) is 0 Å². The van der Waals surface area contributed by atoms with E-state index in [9.17, 15) is 9.18 Å². The minimum absolute atomic E-state index is 0.152. The summed E-state index contributed by atoms with van der Waals surface area (Å²) in [5.41, 5.74) is 4.42. The summed E-state index contributed by atoms with van der Waals surface area (Å²) in [6, 6.07) is 13.8. The number of benzene rings is 1. The van der Waals surface area contributed by atoms with E-state index in [0.29, 0.717) is 18.3 Å². The molecule has 1 aliphatic rings. The van der Waals surface area contributed by atoms with Crippen LogP contribution < -0.4 is 10.6 Å². The molecular formula is C26H30FN5O2S. The van der Waals surface area contributed by atoms with Gasteiger partial charge >= 0.3 is 0 Å². The summed E-state index contributed by atoms with van der Waals surface area (Å²) in [6.45, 7) is 5.91. The maximum atomic E-state index is 14.0. The zero-order valence-corrected chi connectivity index (χ0v) is 20.9. The molecular weight excluding hydrogens is 465 g/mol. The molecule has 184 valence electrons. The third-order valence-corrected chi connectivity index (χ3v) is 6.73. The Morgan fingerprint density at radius 3 is 2.69 bits per heavy atom. The van der Waals surface area contributed by atoms with Crippen LogP contribution in [0.25, 0.3) is 0 Å². The number of ether oxygens (including phenoxy) is 1. The smallest absolute Gasteiger partial charge is 0.226 e. The highest BCUT2D eigenvalue weighted by Crippen LogP contribution is 2.40. The van der Waals surface area contributed by atoms with Gasteiger partial charge in [-0.3, -0.25) is 9.78 Å². The molecule has 0 unspecified atom stereocenters. The summed E-state index contributed by atoms with van der Waals surface area (Å²) in [5.74, 6) is -0.737. The summed E-state index contributed by atoms with van der Waals surface area (Å²) < 4.78 is 21.5. The van der Waals surface area contributed by atoms with E-state index < -0.39 is 5.82 Å². The number of methoxy groups -OCH3 is 1. The SMILES string of the molecule is COCCn1c(C)cc([C@@H]2[C@H](c3ccccn3)NC(=S)N2CCC(=O)Nc2ccccc2F)c1C. The van der Waals surface area contributed by atoms with Crippen LogP contribution >= 0.6 is 12.2 Å². The average Bonchev–Trinajstić information content (AvgIpc) is 3.33. The molecule has 1 aliphatic heterocycles. The Morgan fingerprint density at radius 2 is 1.97 bits per heavy atom. The van der Waals surface area contributed by atoms with Crippen LogP contribution in [-0.4, -0.2) is 45.7 Å². The lowest BCUT2D eigenvalue weighted by atomic mass is 9.96. The van der Waals surface area contributed by atoms with Crippen molar-refractivity contribution in [3.05, 3.63) is 83.2 Å². The largest absolute Gasteiger partial charge is 0.383 e. The van der Waals surface area contributed by atoms with Gasteiger partial charge in [-0.25, -0.2) is 4.39 Å². The molecule has 3 heterocycles. The predicted molar refractivity (Wildman–Crippen MR) is 138 cm³/mol. The molecule has 35 heavy (non-hydrogen) atoms. The number of amides is 1. The summed E-state index contributed by atoms with van der Waals surface area (Å²) >= 11 is 5.72. The fraction of sp³-hybridized carbons (Fsp3) is 0.346. The standard InChI is InChI=1S/C26H30FN5O2S/c1-17-16-19(18(2)31(17)14-15-34-3)25-24(22-10-6-7-12-28-22)30-26(35)32(25)13-11-23(33)29-21-9-5-4-8-20(21)27/h4-10,12,16,24-25H,11,13-15H2,1-3H3,(H,29,33)(H,30,35)/t24-,25+/m0/s1. The molecule has 1 aromatic carbocycles. The van der Waals surface area contributed by atoms with Crippen molar-refractivity contribution in [3.8, 4) is 0 Å². The topological polar surface area (TPSA) is 71.4 Å². The molecule has 0 bridgehead atoms. The average molecular weight is 496 g/mol. The molecule has 2 N–H and O–H groups in total. The number of hydrogen-bond donors (Lipinski definition) is 2. The summed E-state index contributed by atoms with van der Waals surface area (Å²) in [7, 11) is 1.69. The Bertz CT molecular complexity index is 1200. The quantitative estimate of drug-likeness (QED) is 0.432. The zero-order valence-electron chi connectivity index (χ0n) is 20.1. The van der Waals surface area contributed by atoms with Gasteiger partial charge in [0.2, 0.25) is 5.91 Å². The fourth-order valence-electron chi connectivity index (χ4n) is 4.64. The Kier molecular flexibility index (Phi) is 7.77. The molecule has 0 aliphatic carbocycles. The van der Waals surface area contributed by atoms with Crippen molar-refractivity contribution in [1.82, 2.24) is 19.8 Å². The van der Waals surface area contributed by atoms with Crippen LogP contribution in [0.2, 0.25) is 0 Å². The number of thiocarbonyl (C=S) groups is 1. The van der Waals surface area contributed by atoms with Gasteiger partial charge in [-0.05, 0) is 62.0 Å². The molecule has 2 aromatic heterocycles. The van der Waals surface area contributed by atoms with Gasteiger partial charge in [0.15, 0.2) is 5.11 Å². The number of carbonyl (C=O) groups excluding carboxylic acids is 1. The van der Waals surface area contributed by atoms with Crippen molar-refractivity contribution in [2.45, 2.75) is 38.9 Å². The van der Waals surface area contributed by atoms with Gasteiger partial charge in [-0.2, -0.15) is 0 Å². The number of hydrogen-bond acceptors (Lipinski definition) is 4. The van der Waals surface area contributed by atoms with Gasteiger partial charge < -0.3 is 24.8 Å². The van der Waals surface area contributed by atoms with E-state index in [-0.39, 0.29) is 30.1 Å². The van der Waals surface area contributed by atoms with Crippen molar-refractivity contribution in [2.24, 2.45) is 0 Å². The number of rotatable bonds is 9. The second kappa shape index (κ2) is 11.0. The number of aromatic nitrogens is 2. The van der Waals surface area contributed by atoms with E-state index in [1.165, 1.54) is 6.07 Å². The number of anilines is 1. The monoisotopic (exact) mass is 495 g/mol. The molecule has 1 fully saturated rings. The number of nitrogens with one attached hydrogen (secondary N) is 2. The van der Waals surface area contributed by atoms with Gasteiger partial charge in [-0.15, -0.1) is 0 Å². The van der Waals surface area contributed by atoms with Crippen LogP contribution in [0.3, 0.4) is 0 Å². The molecule has 3 aromatic rings. The number of pyridine rings is 1. The van der Waals surface area contributed by atoms with Crippen molar-refractivity contribution < 1.29 is 13.9 Å². The molecule has 9 heteroatoms. The Balaban J connectivity index is 1.61. The highest BCUT2D eigenvalue weighted by atomic mass is 32.1.